The highest BCUT2D eigenvalue weighted by molar-refractivity contribution is 14.1. The molecule has 78 valence electrons. The lowest BCUT2D eigenvalue weighted by atomic mass is 10.2. The monoisotopic (exact) mass is 306 g/mol. The smallest absolute Gasteiger partial charge is 0.162 e. The molecule has 1 aromatic rings. The van der Waals surface area contributed by atoms with Crippen molar-refractivity contribution in [3.8, 4) is 11.5 Å². The fourth-order valence-electron chi connectivity index (χ4n) is 1.02. The summed E-state index contributed by atoms with van der Waals surface area (Å²) in [5.41, 5.74) is 0. The van der Waals surface area contributed by atoms with E-state index < -0.39 is 0 Å². The van der Waals surface area contributed by atoms with E-state index in [1.807, 2.05) is 18.2 Å². The zero-order valence-corrected chi connectivity index (χ0v) is 10.9. The minimum Gasteiger partial charge on any atom is -0.493 e. The van der Waals surface area contributed by atoms with Crippen molar-refractivity contribution in [3.05, 3.63) is 21.8 Å². The van der Waals surface area contributed by atoms with Gasteiger partial charge in [-0.15, -0.1) is 0 Å². The molecule has 0 saturated heterocycles. The highest BCUT2D eigenvalue weighted by Gasteiger charge is 2.05. The Balaban J connectivity index is 2.77. The van der Waals surface area contributed by atoms with Crippen LogP contribution in [0.4, 0.5) is 0 Å². The molecule has 0 aliphatic rings. The molecule has 0 aliphatic heterocycles. The van der Waals surface area contributed by atoms with Gasteiger partial charge in [0.1, 0.15) is 0 Å². The van der Waals surface area contributed by atoms with E-state index in [0.29, 0.717) is 5.92 Å². The Morgan fingerprint density at radius 1 is 1.29 bits per heavy atom. The van der Waals surface area contributed by atoms with Crippen molar-refractivity contribution in [1.29, 1.82) is 0 Å². The summed E-state index contributed by atoms with van der Waals surface area (Å²) in [6.07, 6.45) is 0. The fourth-order valence-corrected chi connectivity index (χ4v) is 1.48. The van der Waals surface area contributed by atoms with Crippen LogP contribution in [0.5, 0.6) is 11.5 Å². The average Bonchev–Trinajstić information content (AvgIpc) is 2.15. The van der Waals surface area contributed by atoms with Crippen molar-refractivity contribution in [3.63, 3.8) is 0 Å². The Kier molecular flexibility index (Phi) is 4.51. The van der Waals surface area contributed by atoms with E-state index in [9.17, 15) is 0 Å². The Hall–Kier alpha value is -0.450. The summed E-state index contributed by atoms with van der Waals surface area (Å²) < 4.78 is 12.0. The van der Waals surface area contributed by atoms with E-state index in [2.05, 4.69) is 36.4 Å². The Morgan fingerprint density at radius 3 is 2.57 bits per heavy atom. The van der Waals surface area contributed by atoms with Crippen LogP contribution in [-0.2, 0) is 0 Å². The molecular formula is C11H15IO2. The maximum atomic E-state index is 5.64. The lowest BCUT2D eigenvalue weighted by molar-refractivity contribution is 0.256. The van der Waals surface area contributed by atoms with Gasteiger partial charge in [-0.2, -0.15) is 0 Å². The molecule has 0 fully saturated rings. The summed E-state index contributed by atoms with van der Waals surface area (Å²) in [5, 5.41) is 0. The number of rotatable bonds is 4. The molecule has 0 bridgehead atoms. The van der Waals surface area contributed by atoms with E-state index >= 15 is 0 Å². The molecule has 3 heteroatoms. The average molecular weight is 306 g/mol. The summed E-state index contributed by atoms with van der Waals surface area (Å²) in [6, 6.07) is 5.92. The lowest BCUT2D eigenvalue weighted by Crippen LogP contribution is -2.05. The molecule has 1 rings (SSSR count). The Morgan fingerprint density at radius 2 is 2.00 bits per heavy atom. The first-order chi connectivity index (χ1) is 6.63. The largest absolute Gasteiger partial charge is 0.493 e. The van der Waals surface area contributed by atoms with Crippen LogP contribution >= 0.6 is 22.6 Å². The summed E-state index contributed by atoms with van der Waals surface area (Å²) in [5.74, 6) is 2.15. The van der Waals surface area contributed by atoms with Crippen molar-refractivity contribution < 1.29 is 9.47 Å². The second-order valence-electron chi connectivity index (χ2n) is 3.50. The molecule has 0 saturated carbocycles. The molecule has 0 amide bonds. The molecular weight excluding hydrogens is 291 g/mol. The van der Waals surface area contributed by atoms with Gasteiger partial charge in [0.2, 0.25) is 0 Å². The van der Waals surface area contributed by atoms with Gasteiger partial charge in [0.25, 0.3) is 0 Å². The fraction of sp³-hybridized carbons (Fsp3) is 0.455. The van der Waals surface area contributed by atoms with Crippen LogP contribution in [-0.4, -0.2) is 13.7 Å². The number of hydrogen-bond donors (Lipinski definition) is 0. The van der Waals surface area contributed by atoms with Crippen molar-refractivity contribution >= 4 is 22.6 Å². The normalized spacial score (nSPS) is 10.4. The SMILES string of the molecule is COc1ccc(I)cc1OCC(C)C. The first kappa shape index (κ1) is 11.6. The molecule has 0 spiro atoms. The van der Waals surface area contributed by atoms with Crippen LogP contribution in [0.25, 0.3) is 0 Å². The predicted molar refractivity (Wildman–Crippen MR) is 66.0 cm³/mol. The van der Waals surface area contributed by atoms with E-state index in [-0.39, 0.29) is 0 Å². The van der Waals surface area contributed by atoms with Gasteiger partial charge in [-0.1, -0.05) is 13.8 Å². The summed E-state index contributed by atoms with van der Waals surface area (Å²) in [7, 11) is 1.66. The van der Waals surface area contributed by atoms with Crippen LogP contribution in [0, 0.1) is 9.49 Å². The van der Waals surface area contributed by atoms with Gasteiger partial charge >= 0.3 is 0 Å². The van der Waals surface area contributed by atoms with E-state index in [0.717, 1.165) is 21.7 Å². The Labute approximate surface area is 98.7 Å². The molecule has 0 N–H and O–H groups in total. The first-order valence-corrected chi connectivity index (χ1v) is 5.67. The third-order valence-electron chi connectivity index (χ3n) is 1.70. The molecule has 0 unspecified atom stereocenters. The molecule has 0 aliphatic carbocycles. The standard InChI is InChI=1S/C11H15IO2/c1-8(2)7-14-11-6-9(12)4-5-10(11)13-3/h4-6,8H,7H2,1-3H3. The molecule has 14 heavy (non-hydrogen) atoms. The second kappa shape index (κ2) is 5.44. The Bertz CT molecular complexity index is 297. The highest BCUT2D eigenvalue weighted by Crippen LogP contribution is 2.28. The number of ether oxygens (including phenoxy) is 2. The van der Waals surface area contributed by atoms with Gasteiger partial charge in [-0.3, -0.25) is 0 Å². The van der Waals surface area contributed by atoms with E-state index in [1.165, 1.54) is 0 Å². The zero-order valence-electron chi connectivity index (χ0n) is 8.71. The second-order valence-corrected chi connectivity index (χ2v) is 4.75. The van der Waals surface area contributed by atoms with Crippen LogP contribution < -0.4 is 9.47 Å². The maximum Gasteiger partial charge on any atom is 0.162 e. The van der Waals surface area contributed by atoms with E-state index in [4.69, 9.17) is 9.47 Å². The van der Waals surface area contributed by atoms with Crippen molar-refractivity contribution in [2.75, 3.05) is 13.7 Å². The van der Waals surface area contributed by atoms with Gasteiger partial charge in [0.05, 0.1) is 13.7 Å². The molecule has 2 nitrogen and oxygen atoms in total. The number of halogens is 1. The number of methoxy groups -OCH3 is 1. The highest BCUT2D eigenvalue weighted by atomic mass is 127. The van der Waals surface area contributed by atoms with Gasteiger partial charge in [0.15, 0.2) is 11.5 Å². The van der Waals surface area contributed by atoms with Crippen LogP contribution in [0.3, 0.4) is 0 Å². The van der Waals surface area contributed by atoms with E-state index in [1.54, 1.807) is 7.11 Å². The lowest BCUT2D eigenvalue weighted by Gasteiger charge is -2.12. The third-order valence-corrected chi connectivity index (χ3v) is 2.37. The summed E-state index contributed by atoms with van der Waals surface area (Å²) in [6.45, 7) is 4.97. The molecule has 0 radical (unpaired) electrons. The summed E-state index contributed by atoms with van der Waals surface area (Å²) >= 11 is 2.26. The van der Waals surface area contributed by atoms with Crippen LogP contribution in [0.2, 0.25) is 0 Å². The topological polar surface area (TPSA) is 18.5 Å². The number of benzene rings is 1. The molecule has 1 aromatic carbocycles. The number of hydrogen-bond acceptors (Lipinski definition) is 2. The first-order valence-electron chi connectivity index (χ1n) is 4.60. The van der Waals surface area contributed by atoms with Gasteiger partial charge < -0.3 is 9.47 Å². The van der Waals surface area contributed by atoms with Crippen LogP contribution in [0.15, 0.2) is 18.2 Å². The predicted octanol–water partition coefficient (Wildman–Crippen LogP) is 3.33. The third kappa shape index (κ3) is 3.36. The maximum absolute atomic E-state index is 5.64. The van der Waals surface area contributed by atoms with Gasteiger partial charge in [-0.05, 0) is 46.7 Å². The minimum atomic E-state index is 0.526. The summed E-state index contributed by atoms with van der Waals surface area (Å²) in [4.78, 5) is 0. The van der Waals surface area contributed by atoms with Crippen molar-refractivity contribution in [1.82, 2.24) is 0 Å². The quantitative estimate of drug-likeness (QED) is 0.794. The molecule has 0 heterocycles. The molecule has 0 aromatic heterocycles. The van der Waals surface area contributed by atoms with Gasteiger partial charge in [0, 0.05) is 3.57 Å². The van der Waals surface area contributed by atoms with Crippen LogP contribution in [0.1, 0.15) is 13.8 Å². The van der Waals surface area contributed by atoms with Gasteiger partial charge in [-0.25, -0.2) is 0 Å². The molecule has 0 atom stereocenters. The van der Waals surface area contributed by atoms with Crippen molar-refractivity contribution in [2.24, 2.45) is 5.92 Å². The minimum absolute atomic E-state index is 0.526. The van der Waals surface area contributed by atoms with Crippen molar-refractivity contribution in [2.45, 2.75) is 13.8 Å². The zero-order chi connectivity index (χ0) is 10.6.